The molecule has 1 N–H and O–H groups in total. The molecule has 0 aliphatic carbocycles. The summed E-state index contributed by atoms with van der Waals surface area (Å²) in [7, 11) is 2.00. The van der Waals surface area contributed by atoms with E-state index in [0.717, 1.165) is 33.3 Å². The van der Waals surface area contributed by atoms with Gasteiger partial charge in [-0.15, -0.1) is 0 Å². The Bertz CT molecular complexity index is 954. The highest BCUT2D eigenvalue weighted by Gasteiger charge is 2.13. The average Bonchev–Trinajstić information content (AvgIpc) is 3.25. The van der Waals surface area contributed by atoms with Gasteiger partial charge in [-0.3, -0.25) is 4.79 Å². The van der Waals surface area contributed by atoms with Crippen molar-refractivity contribution >= 4 is 28.7 Å². The van der Waals surface area contributed by atoms with Gasteiger partial charge in [-0.1, -0.05) is 30.0 Å². The maximum atomic E-state index is 12.1. The number of carbonyl (C=O) groups is 1. The number of ether oxygens (including phenoxy) is 2. The molecule has 6 nitrogen and oxygen atoms in total. The van der Waals surface area contributed by atoms with Gasteiger partial charge in [-0.25, -0.2) is 4.98 Å². The SMILES string of the molecule is Cn1c(SCCC(=O)NCc2ccc3c(c2)OCO3)nc2ccccc21. The van der Waals surface area contributed by atoms with Gasteiger partial charge < -0.3 is 19.4 Å². The van der Waals surface area contributed by atoms with Crippen LogP contribution >= 0.6 is 11.8 Å². The molecule has 2 heterocycles. The minimum Gasteiger partial charge on any atom is -0.454 e. The quantitative estimate of drug-likeness (QED) is 0.677. The van der Waals surface area contributed by atoms with Crippen LogP contribution in [0.2, 0.25) is 0 Å². The molecule has 0 spiro atoms. The van der Waals surface area contributed by atoms with Gasteiger partial charge in [0.2, 0.25) is 12.7 Å². The van der Waals surface area contributed by atoms with E-state index < -0.39 is 0 Å². The van der Waals surface area contributed by atoms with Gasteiger partial charge in [-0.05, 0) is 29.8 Å². The lowest BCUT2D eigenvalue weighted by Gasteiger charge is -2.06. The largest absolute Gasteiger partial charge is 0.454 e. The summed E-state index contributed by atoms with van der Waals surface area (Å²) in [6, 6.07) is 13.7. The van der Waals surface area contributed by atoms with Crippen molar-refractivity contribution in [3.63, 3.8) is 0 Å². The molecule has 3 aromatic rings. The second-order valence-electron chi connectivity index (χ2n) is 6.00. The topological polar surface area (TPSA) is 65.4 Å². The van der Waals surface area contributed by atoms with E-state index in [9.17, 15) is 4.79 Å². The Morgan fingerprint density at radius 3 is 2.96 bits per heavy atom. The third-order valence-corrected chi connectivity index (χ3v) is 5.26. The zero-order valence-electron chi connectivity index (χ0n) is 14.4. The van der Waals surface area contributed by atoms with E-state index in [0.29, 0.717) is 18.7 Å². The van der Waals surface area contributed by atoms with Crippen LogP contribution in [0.4, 0.5) is 0 Å². The van der Waals surface area contributed by atoms with Crippen molar-refractivity contribution in [2.24, 2.45) is 7.05 Å². The minimum absolute atomic E-state index is 0.0222. The summed E-state index contributed by atoms with van der Waals surface area (Å²) < 4.78 is 12.7. The summed E-state index contributed by atoms with van der Waals surface area (Å²) >= 11 is 1.59. The summed E-state index contributed by atoms with van der Waals surface area (Å²) in [4.78, 5) is 16.7. The van der Waals surface area contributed by atoms with E-state index in [1.54, 1.807) is 11.8 Å². The van der Waals surface area contributed by atoms with Gasteiger partial charge in [0.1, 0.15) is 0 Å². The Hall–Kier alpha value is -2.67. The molecule has 0 unspecified atom stereocenters. The van der Waals surface area contributed by atoms with E-state index in [-0.39, 0.29) is 12.7 Å². The molecular weight excluding hydrogens is 350 g/mol. The standard InChI is InChI=1S/C19H19N3O3S/c1-22-15-5-3-2-4-14(15)21-19(22)26-9-8-18(23)20-11-13-6-7-16-17(10-13)25-12-24-16/h2-7,10H,8-9,11-12H2,1H3,(H,20,23). The first-order chi connectivity index (χ1) is 12.7. The third-order valence-electron chi connectivity index (χ3n) is 4.23. The number of fused-ring (bicyclic) bond motifs is 2. The second kappa shape index (κ2) is 7.29. The van der Waals surface area contributed by atoms with Crippen molar-refractivity contribution in [1.29, 1.82) is 0 Å². The Balaban J connectivity index is 1.27. The number of hydrogen-bond acceptors (Lipinski definition) is 5. The number of hydrogen-bond donors (Lipinski definition) is 1. The molecule has 0 bridgehead atoms. The number of amides is 1. The molecule has 0 saturated heterocycles. The molecule has 7 heteroatoms. The molecule has 1 aliphatic rings. The van der Waals surface area contributed by atoms with Gasteiger partial charge in [0.05, 0.1) is 11.0 Å². The van der Waals surface area contributed by atoms with Crippen LogP contribution in [0.1, 0.15) is 12.0 Å². The smallest absolute Gasteiger partial charge is 0.231 e. The number of benzene rings is 2. The summed E-state index contributed by atoms with van der Waals surface area (Å²) in [6.07, 6.45) is 0.443. The van der Waals surface area contributed by atoms with Crippen LogP contribution < -0.4 is 14.8 Å². The van der Waals surface area contributed by atoms with Crippen LogP contribution in [0.5, 0.6) is 11.5 Å². The monoisotopic (exact) mass is 369 g/mol. The molecule has 0 fully saturated rings. The average molecular weight is 369 g/mol. The molecule has 26 heavy (non-hydrogen) atoms. The fraction of sp³-hybridized carbons (Fsp3) is 0.263. The molecule has 0 saturated carbocycles. The van der Waals surface area contributed by atoms with Crippen molar-refractivity contribution in [1.82, 2.24) is 14.9 Å². The molecule has 4 rings (SSSR count). The molecule has 134 valence electrons. The van der Waals surface area contributed by atoms with Crippen LogP contribution in [-0.2, 0) is 18.4 Å². The molecule has 1 amide bonds. The van der Waals surface area contributed by atoms with Crippen LogP contribution in [-0.4, -0.2) is 28.0 Å². The second-order valence-corrected chi connectivity index (χ2v) is 7.07. The number of rotatable bonds is 6. The summed E-state index contributed by atoms with van der Waals surface area (Å²) in [5.74, 6) is 2.19. The minimum atomic E-state index is 0.0222. The number of thioether (sulfide) groups is 1. The molecule has 0 radical (unpaired) electrons. The van der Waals surface area contributed by atoms with E-state index in [1.165, 1.54) is 0 Å². The Morgan fingerprint density at radius 1 is 1.23 bits per heavy atom. The lowest BCUT2D eigenvalue weighted by atomic mass is 10.2. The molecule has 0 atom stereocenters. The van der Waals surface area contributed by atoms with E-state index in [4.69, 9.17) is 9.47 Å². The molecule has 1 aliphatic heterocycles. The Morgan fingerprint density at radius 2 is 2.08 bits per heavy atom. The first kappa shape index (κ1) is 16.8. The first-order valence-electron chi connectivity index (χ1n) is 8.40. The van der Waals surface area contributed by atoms with E-state index >= 15 is 0 Å². The predicted octanol–water partition coefficient (Wildman–Crippen LogP) is 3.10. The zero-order chi connectivity index (χ0) is 17.9. The lowest BCUT2D eigenvalue weighted by molar-refractivity contribution is -0.120. The molecular formula is C19H19N3O3S. The number of aryl methyl sites for hydroxylation is 1. The van der Waals surface area contributed by atoms with Crippen LogP contribution in [0.15, 0.2) is 47.6 Å². The van der Waals surface area contributed by atoms with Crippen molar-refractivity contribution < 1.29 is 14.3 Å². The highest BCUT2D eigenvalue weighted by Crippen LogP contribution is 2.32. The van der Waals surface area contributed by atoms with E-state index in [2.05, 4.69) is 14.9 Å². The maximum Gasteiger partial charge on any atom is 0.231 e. The van der Waals surface area contributed by atoms with Crippen molar-refractivity contribution in [2.75, 3.05) is 12.5 Å². The van der Waals surface area contributed by atoms with Crippen LogP contribution in [0.25, 0.3) is 11.0 Å². The Kier molecular flexibility index (Phi) is 4.71. The third kappa shape index (κ3) is 3.48. The van der Waals surface area contributed by atoms with E-state index in [1.807, 2.05) is 49.5 Å². The maximum absolute atomic E-state index is 12.1. The van der Waals surface area contributed by atoms with Crippen LogP contribution in [0.3, 0.4) is 0 Å². The molecule has 1 aromatic heterocycles. The van der Waals surface area contributed by atoms with Crippen molar-refractivity contribution in [3.05, 3.63) is 48.0 Å². The fourth-order valence-corrected chi connectivity index (χ4v) is 3.75. The van der Waals surface area contributed by atoms with Crippen molar-refractivity contribution in [3.8, 4) is 11.5 Å². The number of nitrogens with one attached hydrogen (secondary N) is 1. The lowest BCUT2D eigenvalue weighted by Crippen LogP contribution is -2.23. The summed E-state index contributed by atoms with van der Waals surface area (Å²) in [5.41, 5.74) is 3.07. The number of para-hydroxylation sites is 2. The van der Waals surface area contributed by atoms with Crippen LogP contribution in [0, 0.1) is 0 Å². The zero-order valence-corrected chi connectivity index (χ0v) is 15.2. The number of nitrogens with zero attached hydrogens (tertiary/aromatic N) is 2. The highest BCUT2D eigenvalue weighted by atomic mass is 32.2. The van der Waals surface area contributed by atoms with Gasteiger partial charge >= 0.3 is 0 Å². The van der Waals surface area contributed by atoms with Gasteiger partial charge in [0, 0.05) is 25.8 Å². The number of imidazole rings is 1. The summed E-state index contributed by atoms with van der Waals surface area (Å²) in [6.45, 7) is 0.733. The van der Waals surface area contributed by atoms with Gasteiger partial charge in [0.15, 0.2) is 16.7 Å². The first-order valence-corrected chi connectivity index (χ1v) is 9.39. The van der Waals surface area contributed by atoms with Crippen molar-refractivity contribution in [2.45, 2.75) is 18.1 Å². The molecule has 2 aromatic carbocycles. The predicted molar refractivity (Wildman–Crippen MR) is 100 cm³/mol. The Labute approximate surface area is 155 Å². The van der Waals surface area contributed by atoms with Gasteiger partial charge in [0.25, 0.3) is 0 Å². The van der Waals surface area contributed by atoms with Gasteiger partial charge in [-0.2, -0.15) is 0 Å². The highest BCUT2D eigenvalue weighted by molar-refractivity contribution is 7.99. The summed E-state index contributed by atoms with van der Waals surface area (Å²) in [5, 5.41) is 3.87. The number of aromatic nitrogens is 2. The fourth-order valence-electron chi connectivity index (χ4n) is 2.83. The number of carbonyl (C=O) groups excluding carboxylic acids is 1. The normalized spacial score (nSPS) is 12.5.